The van der Waals surface area contributed by atoms with Gasteiger partial charge in [-0.1, -0.05) is 45.8 Å². The second kappa shape index (κ2) is 9.02. The predicted molar refractivity (Wildman–Crippen MR) is 124 cm³/mol. The molecular formula is C23H23BrN2O3S. The summed E-state index contributed by atoms with van der Waals surface area (Å²) in [6, 6.07) is 19.0. The van der Waals surface area contributed by atoms with Crippen molar-refractivity contribution in [2.75, 3.05) is 16.2 Å². The van der Waals surface area contributed by atoms with Crippen molar-refractivity contribution < 1.29 is 13.2 Å². The summed E-state index contributed by atoms with van der Waals surface area (Å²) in [7, 11) is -3.93. The van der Waals surface area contributed by atoms with E-state index in [0.29, 0.717) is 11.4 Å². The summed E-state index contributed by atoms with van der Waals surface area (Å²) in [6.07, 6.45) is 0. The zero-order valence-electron chi connectivity index (χ0n) is 17.0. The molecule has 0 atom stereocenters. The number of anilines is 2. The van der Waals surface area contributed by atoms with Gasteiger partial charge in [-0.2, -0.15) is 0 Å². The molecular weight excluding hydrogens is 464 g/mol. The van der Waals surface area contributed by atoms with Crippen molar-refractivity contribution in [3.63, 3.8) is 0 Å². The first-order valence-electron chi connectivity index (χ1n) is 9.39. The lowest BCUT2D eigenvalue weighted by atomic mass is 10.1. The minimum Gasteiger partial charge on any atom is -0.324 e. The molecule has 0 spiro atoms. The third-order valence-electron chi connectivity index (χ3n) is 4.89. The van der Waals surface area contributed by atoms with E-state index in [2.05, 4.69) is 21.2 Å². The van der Waals surface area contributed by atoms with Gasteiger partial charge in [-0.05, 0) is 74.4 Å². The highest BCUT2D eigenvalue weighted by molar-refractivity contribution is 9.10. The van der Waals surface area contributed by atoms with Crippen molar-refractivity contribution in [2.45, 2.75) is 25.7 Å². The Morgan fingerprint density at radius 2 is 1.57 bits per heavy atom. The smallest absolute Gasteiger partial charge is 0.264 e. The molecule has 0 aliphatic heterocycles. The highest BCUT2D eigenvalue weighted by atomic mass is 79.9. The molecule has 7 heteroatoms. The van der Waals surface area contributed by atoms with Gasteiger partial charge in [0.15, 0.2) is 0 Å². The topological polar surface area (TPSA) is 66.5 Å². The fourth-order valence-corrected chi connectivity index (χ4v) is 4.65. The number of nitrogens with zero attached hydrogens (tertiary/aromatic N) is 1. The largest absolute Gasteiger partial charge is 0.324 e. The van der Waals surface area contributed by atoms with Crippen LogP contribution in [-0.2, 0) is 14.8 Å². The number of benzene rings is 3. The number of carbonyl (C=O) groups excluding carboxylic acids is 1. The van der Waals surface area contributed by atoms with Crippen molar-refractivity contribution in [3.05, 3.63) is 87.9 Å². The number of amides is 1. The van der Waals surface area contributed by atoms with Gasteiger partial charge in [0.1, 0.15) is 6.54 Å². The Morgan fingerprint density at radius 3 is 2.20 bits per heavy atom. The minimum absolute atomic E-state index is 0.135. The monoisotopic (exact) mass is 486 g/mol. The van der Waals surface area contributed by atoms with E-state index in [-0.39, 0.29) is 11.4 Å². The highest BCUT2D eigenvalue weighted by Crippen LogP contribution is 2.26. The zero-order chi connectivity index (χ0) is 21.9. The molecule has 0 aliphatic rings. The maximum atomic E-state index is 13.4. The Kier molecular flexibility index (Phi) is 6.63. The van der Waals surface area contributed by atoms with Crippen LogP contribution in [0, 0.1) is 20.8 Å². The number of halogens is 1. The zero-order valence-corrected chi connectivity index (χ0v) is 19.4. The van der Waals surface area contributed by atoms with E-state index in [0.717, 1.165) is 25.5 Å². The Bertz CT molecular complexity index is 1160. The number of carbonyl (C=O) groups is 1. The van der Waals surface area contributed by atoms with Crippen molar-refractivity contribution in [1.29, 1.82) is 0 Å². The highest BCUT2D eigenvalue weighted by Gasteiger charge is 2.27. The van der Waals surface area contributed by atoms with Crippen molar-refractivity contribution in [3.8, 4) is 0 Å². The molecule has 0 radical (unpaired) electrons. The molecule has 156 valence electrons. The fraction of sp³-hybridized carbons (Fsp3) is 0.174. The van der Waals surface area contributed by atoms with Gasteiger partial charge in [-0.3, -0.25) is 9.10 Å². The lowest BCUT2D eigenvalue weighted by Crippen LogP contribution is -2.38. The first-order chi connectivity index (χ1) is 14.2. The minimum atomic E-state index is -3.93. The molecule has 0 fully saturated rings. The molecule has 30 heavy (non-hydrogen) atoms. The number of sulfonamides is 1. The van der Waals surface area contributed by atoms with Gasteiger partial charge in [-0.25, -0.2) is 8.42 Å². The first kappa shape index (κ1) is 22.1. The van der Waals surface area contributed by atoms with Crippen LogP contribution in [0.1, 0.15) is 16.7 Å². The van der Waals surface area contributed by atoms with E-state index >= 15 is 0 Å². The van der Waals surface area contributed by atoms with Crippen LogP contribution in [0.25, 0.3) is 0 Å². The molecule has 1 N–H and O–H groups in total. The summed E-state index contributed by atoms with van der Waals surface area (Å²) < 4.78 is 28.7. The van der Waals surface area contributed by atoms with Crippen LogP contribution >= 0.6 is 15.9 Å². The van der Waals surface area contributed by atoms with Gasteiger partial charge in [0, 0.05) is 10.2 Å². The summed E-state index contributed by atoms with van der Waals surface area (Å²) in [4.78, 5) is 13.0. The summed E-state index contributed by atoms with van der Waals surface area (Å²) in [5, 5.41) is 2.84. The molecule has 1 amide bonds. The molecule has 3 rings (SSSR count). The first-order valence-corrected chi connectivity index (χ1v) is 11.6. The Balaban J connectivity index is 1.95. The van der Waals surface area contributed by atoms with Crippen LogP contribution in [-0.4, -0.2) is 20.9 Å². The SMILES string of the molecule is Cc1ccc(S(=O)(=O)N(CC(=O)Nc2cccc(C)c2C)c2ccc(Br)cc2)cc1. The molecule has 0 unspecified atom stereocenters. The summed E-state index contributed by atoms with van der Waals surface area (Å²) in [5.41, 5.74) is 4.03. The van der Waals surface area contributed by atoms with Crippen LogP contribution in [0.2, 0.25) is 0 Å². The van der Waals surface area contributed by atoms with E-state index < -0.39 is 15.9 Å². The molecule has 3 aromatic rings. The van der Waals surface area contributed by atoms with Gasteiger partial charge in [0.05, 0.1) is 10.6 Å². The summed E-state index contributed by atoms with van der Waals surface area (Å²) in [5.74, 6) is -0.415. The fourth-order valence-electron chi connectivity index (χ4n) is 2.97. The quantitative estimate of drug-likeness (QED) is 0.519. The van der Waals surface area contributed by atoms with Crippen LogP contribution in [0.5, 0.6) is 0 Å². The molecule has 0 saturated heterocycles. The Labute approximate surface area is 185 Å². The number of rotatable bonds is 6. The van der Waals surface area contributed by atoms with Crippen LogP contribution in [0.3, 0.4) is 0 Å². The molecule has 5 nitrogen and oxygen atoms in total. The molecule has 0 saturated carbocycles. The van der Waals surface area contributed by atoms with Gasteiger partial charge in [0.25, 0.3) is 10.0 Å². The third-order valence-corrected chi connectivity index (χ3v) is 7.21. The van der Waals surface area contributed by atoms with E-state index in [1.54, 1.807) is 54.6 Å². The lowest BCUT2D eigenvalue weighted by molar-refractivity contribution is -0.114. The maximum absolute atomic E-state index is 13.4. The van der Waals surface area contributed by atoms with E-state index in [9.17, 15) is 13.2 Å². The average molecular weight is 487 g/mol. The molecule has 0 heterocycles. The van der Waals surface area contributed by atoms with E-state index in [4.69, 9.17) is 0 Å². The number of hydrogen-bond donors (Lipinski definition) is 1. The molecule has 0 aliphatic carbocycles. The van der Waals surface area contributed by atoms with Gasteiger partial charge in [0.2, 0.25) is 5.91 Å². The van der Waals surface area contributed by atoms with Crippen molar-refractivity contribution in [2.24, 2.45) is 0 Å². The second-order valence-corrected chi connectivity index (χ2v) is 9.87. The van der Waals surface area contributed by atoms with Crippen LogP contribution in [0.15, 0.2) is 76.1 Å². The standard InChI is InChI=1S/C23H23BrN2O3S/c1-16-7-13-21(14-8-16)30(28,29)26(20-11-9-19(24)10-12-20)15-23(27)25-22-6-4-5-17(2)18(22)3/h4-14H,15H2,1-3H3,(H,25,27). The van der Waals surface area contributed by atoms with Gasteiger partial charge in [-0.15, -0.1) is 0 Å². The van der Waals surface area contributed by atoms with Crippen LogP contribution < -0.4 is 9.62 Å². The Hall–Kier alpha value is -2.64. The van der Waals surface area contributed by atoms with E-state index in [1.807, 2.05) is 32.9 Å². The van der Waals surface area contributed by atoms with E-state index in [1.165, 1.54) is 0 Å². The predicted octanol–water partition coefficient (Wildman–Crippen LogP) is 5.21. The summed E-state index contributed by atoms with van der Waals surface area (Å²) >= 11 is 3.36. The number of nitrogens with one attached hydrogen (secondary N) is 1. The van der Waals surface area contributed by atoms with Crippen molar-refractivity contribution in [1.82, 2.24) is 0 Å². The lowest BCUT2D eigenvalue weighted by Gasteiger charge is -2.24. The third kappa shape index (κ3) is 4.91. The normalized spacial score (nSPS) is 11.2. The molecule has 3 aromatic carbocycles. The van der Waals surface area contributed by atoms with Gasteiger partial charge >= 0.3 is 0 Å². The second-order valence-electron chi connectivity index (χ2n) is 7.10. The Morgan fingerprint density at radius 1 is 0.933 bits per heavy atom. The summed E-state index contributed by atoms with van der Waals surface area (Å²) in [6.45, 7) is 5.42. The molecule has 0 bridgehead atoms. The van der Waals surface area contributed by atoms with Crippen LogP contribution in [0.4, 0.5) is 11.4 Å². The van der Waals surface area contributed by atoms with Gasteiger partial charge < -0.3 is 5.32 Å². The maximum Gasteiger partial charge on any atom is 0.264 e. The molecule has 0 aromatic heterocycles. The van der Waals surface area contributed by atoms with Crippen molar-refractivity contribution >= 4 is 43.2 Å². The number of aryl methyl sites for hydroxylation is 2. The number of hydrogen-bond acceptors (Lipinski definition) is 3. The average Bonchev–Trinajstić information content (AvgIpc) is 2.71.